The normalized spacial score (nSPS) is 9.73. The van der Waals surface area contributed by atoms with E-state index in [-0.39, 0.29) is 18.9 Å². The summed E-state index contributed by atoms with van der Waals surface area (Å²) in [6.45, 7) is 5.03. The summed E-state index contributed by atoms with van der Waals surface area (Å²) in [5.74, 6) is -0.612. The molecule has 15 heavy (non-hydrogen) atoms. The second kappa shape index (κ2) is 9.45. The van der Waals surface area contributed by atoms with E-state index in [1.807, 2.05) is 6.92 Å². The molecule has 0 aromatic rings. The highest BCUT2D eigenvalue weighted by Crippen LogP contribution is 1.85. The number of nitrogens with one attached hydrogen (secondary N) is 1. The second-order valence-electron chi connectivity index (χ2n) is 2.94. The lowest BCUT2D eigenvalue weighted by Gasteiger charge is -2.05. The maximum absolute atomic E-state index is 11.1. The van der Waals surface area contributed by atoms with E-state index in [1.54, 1.807) is 6.92 Å². The first-order valence-corrected chi connectivity index (χ1v) is 5.20. The minimum atomic E-state index is -0.416. The van der Waals surface area contributed by atoms with Gasteiger partial charge >= 0.3 is 5.97 Å². The quantitative estimate of drug-likeness (QED) is 0.474. The van der Waals surface area contributed by atoms with Gasteiger partial charge in [0.1, 0.15) is 6.54 Å². The Morgan fingerprint density at radius 3 is 2.53 bits per heavy atom. The first-order chi connectivity index (χ1) is 7.20. The van der Waals surface area contributed by atoms with Gasteiger partial charge in [0.2, 0.25) is 5.91 Å². The molecule has 88 valence electrons. The summed E-state index contributed by atoms with van der Waals surface area (Å²) >= 11 is 0. The number of esters is 1. The van der Waals surface area contributed by atoms with E-state index < -0.39 is 5.97 Å². The van der Waals surface area contributed by atoms with Crippen molar-refractivity contribution in [1.29, 1.82) is 0 Å². The van der Waals surface area contributed by atoms with Gasteiger partial charge in [0.05, 0.1) is 13.2 Å². The van der Waals surface area contributed by atoms with Gasteiger partial charge in [0.15, 0.2) is 0 Å². The van der Waals surface area contributed by atoms with Crippen molar-refractivity contribution in [2.24, 2.45) is 0 Å². The Morgan fingerprint density at radius 2 is 1.93 bits per heavy atom. The number of amides is 1. The van der Waals surface area contributed by atoms with E-state index in [0.29, 0.717) is 19.8 Å². The van der Waals surface area contributed by atoms with Gasteiger partial charge in [0.25, 0.3) is 0 Å². The minimum absolute atomic E-state index is 0.0690. The van der Waals surface area contributed by atoms with Crippen molar-refractivity contribution in [3.63, 3.8) is 0 Å². The largest absolute Gasteiger partial charge is 0.465 e. The van der Waals surface area contributed by atoms with Gasteiger partial charge in [-0.25, -0.2) is 0 Å². The summed E-state index contributed by atoms with van der Waals surface area (Å²) in [4.78, 5) is 22.0. The van der Waals surface area contributed by atoms with Crippen LogP contribution in [0.2, 0.25) is 0 Å². The topological polar surface area (TPSA) is 64.6 Å². The van der Waals surface area contributed by atoms with Crippen molar-refractivity contribution >= 4 is 11.9 Å². The van der Waals surface area contributed by atoms with Gasteiger partial charge in [-0.15, -0.1) is 0 Å². The van der Waals surface area contributed by atoms with Gasteiger partial charge in [-0.3, -0.25) is 9.59 Å². The zero-order chi connectivity index (χ0) is 11.5. The van der Waals surface area contributed by atoms with E-state index in [1.165, 1.54) is 0 Å². The molecule has 1 amide bonds. The molecule has 5 nitrogen and oxygen atoms in total. The second-order valence-corrected chi connectivity index (χ2v) is 2.94. The molecule has 0 unspecified atom stereocenters. The molecule has 0 rings (SSSR count). The van der Waals surface area contributed by atoms with Crippen LogP contribution in [0.5, 0.6) is 0 Å². The van der Waals surface area contributed by atoms with Crippen LogP contribution in [0.25, 0.3) is 0 Å². The lowest BCUT2D eigenvalue weighted by atomic mass is 10.4. The molecule has 0 saturated heterocycles. The van der Waals surface area contributed by atoms with Crippen molar-refractivity contribution < 1.29 is 19.1 Å². The Morgan fingerprint density at radius 1 is 1.20 bits per heavy atom. The number of carbonyl (C=O) groups excluding carboxylic acids is 2. The Hall–Kier alpha value is -1.10. The fourth-order valence-electron chi connectivity index (χ4n) is 0.882. The van der Waals surface area contributed by atoms with Crippen LogP contribution in [0.4, 0.5) is 0 Å². The van der Waals surface area contributed by atoms with Gasteiger partial charge in [-0.2, -0.15) is 0 Å². The Kier molecular flexibility index (Phi) is 8.76. The summed E-state index contributed by atoms with van der Waals surface area (Å²) in [7, 11) is 0. The SMILES string of the molecule is CCCOCCC(=O)NCC(=O)OCC. The average Bonchev–Trinajstić information content (AvgIpc) is 2.22. The maximum Gasteiger partial charge on any atom is 0.325 e. The summed E-state index contributed by atoms with van der Waals surface area (Å²) < 4.78 is 9.78. The molecule has 0 aromatic heterocycles. The van der Waals surface area contributed by atoms with Crippen molar-refractivity contribution in [2.75, 3.05) is 26.4 Å². The van der Waals surface area contributed by atoms with Crippen LogP contribution < -0.4 is 5.32 Å². The molecule has 0 aromatic carbocycles. The molecule has 0 bridgehead atoms. The number of ether oxygens (including phenoxy) is 2. The van der Waals surface area contributed by atoms with Gasteiger partial charge in [0, 0.05) is 13.0 Å². The molecule has 0 aliphatic rings. The van der Waals surface area contributed by atoms with Crippen LogP contribution in [-0.4, -0.2) is 38.2 Å². The molecular weight excluding hydrogens is 198 g/mol. The predicted octanol–water partition coefficient (Wildman–Crippen LogP) is 0.482. The molecule has 0 aliphatic heterocycles. The minimum Gasteiger partial charge on any atom is -0.465 e. The van der Waals surface area contributed by atoms with E-state index in [9.17, 15) is 9.59 Å². The van der Waals surface area contributed by atoms with E-state index >= 15 is 0 Å². The predicted molar refractivity (Wildman–Crippen MR) is 55.4 cm³/mol. The van der Waals surface area contributed by atoms with Crippen LogP contribution in [-0.2, 0) is 19.1 Å². The highest BCUT2D eigenvalue weighted by atomic mass is 16.5. The zero-order valence-corrected chi connectivity index (χ0v) is 9.38. The molecule has 0 heterocycles. The van der Waals surface area contributed by atoms with Gasteiger partial charge in [-0.1, -0.05) is 6.92 Å². The van der Waals surface area contributed by atoms with Crippen LogP contribution in [0.3, 0.4) is 0 Å². The summed E-state index contributed by atoms with van der Waals surface area (Å²) in [5, 5.41) is 2.45. The third-order valence-corrected chi connectivity index (χ3v) is 1.56. The highest BCUT2D eigenvalue weighted by molar-refractivity contribution is 5.81. The lowest BCUT2D eigenvalue weighted by molar-refractivity contribution is -0.143. The molecule has 0 fully saturated rings. The molecular formula is C10H19NO4. The summed E-state index contributed by atoms with van der Waals surface area (Å²) in [6, 6.07) is 0. The van der Waals surface area contributed by atoms with Gasteiger partial charge < -0.3 is 14.8 Å². The standard InChI is InChI=1S/C10H19NO4/c1-3-6-14-7-5-9(12)11-8-10(13)15-4-2/h3-8H2,1-2H3,(H,11,12). The molecule has 0 radical (unpaired) electrons. The maximum atomic E-state index is 11.1. The highest BCUT2D eigenvalue weighted by Gasteiger charge is 2.05. The van der Waals surface area contributed by atoms with Crippen LogP contribution in [0, 0.1) is 0 Å². The molecule has 0 spiro atoms. The fourth-order valence-corrected chi connectivity index (χ4v) is 0.882. The number of hydrogen-bond acceptors (Lipinski definition) is 4. The number of hydrogen-bond donors (Lipinski definition) is 1. The lowest BCUT2D eigenvalue weighted by Crippen LogP contribution is -2.31. The molecule has 5 heteroatoms. The molecule has 0 saturated carbocycles. The summed E-state index contributed by atoms with van der Waals surface area (Å²) in [6.07, 6.45) is 1.21. The molecule has 0 atom stereocenters. The van der Waals surface area contributed by atoms with E-state index in [4.69, 9.17) is 4.74 Å². The van der Waals surface area contributed by atoms with E-state index in [2.05, 4.69) is 10.1 Å². The first-order valence-electron chi connectivity index (χ1n) is 5.20. The zero-order valence-electron chi connectivity index (χ0n) is 9.38. The molecule has 0 aliphatic carbocycles. The van der Waals surface area contributed by atoms with E-state index in [0.717, 1.165) is 6.42 Å². The van der Waals surface area contributed by atoms with Gasteiger partial charge in [-0.05, 0) is 13.3 Å². The third-order valence-electron chi connectivity index (χ3n) is 1.56. The number of rotatable bonds is 8. The Bertz CT molecular complexity index is 194. The average molecular weight is 217 g/mol. The van der Waals surface area contributed by atoms with Crippen molar-refractivity contribution in [3.8, 4) is 0 Å². The van der Waals surface area contributed by atoms with Crippen molar-refractivity contribution in [1.82, 2.24) is 5.32 Å². The van der Waals surface area contributed by atoms with Crippen LogP contribution in [0.15, 0.2) is 0 Å². The smallest absolute Gasteiger partial charge is 0.325 e. The van der Waals surface area contributed by atoms with Crippen molar-refractivity contribution in [3.05, 3.63) is 0 Å². The Labute approximate surface area is 90.1 Å². The fraction of sp³-hybridized carbons (Fsp3) is 0.800. The third kappa shape index (κ3) is 9.21. The molecule has 1 N–H and O–H groups in total. The van der Waals surface area contributed by atoms with Crippen LogP contribution >= 0.6 is 0 Å². The Balaban J connectivity index is 3.36. The summed E-state index contributed by atoms with van der Waals surface area (Å²) in [5.41, 5.74) is 0. The first kappa shape index (κ1) is 13.9. The van der Waals surface area contributed by atoms with Crippen molar-refractivity contribution in [2.45, 2.75) is 26.7 Å². The van der Waals surface area contributed by atoms with Crippen LogP contribution in [0.1, 0.15) is 26.7 Å². The number of carbonyl (C=O) groups is 2. The monoisotopic (exact) mass is 217 g/mol.